The molecule has 6 heteroatoms. The molecular weight excluding hydrogens is 192 g/mol. The van der Waals surface area contributed by atoms with E-state index < -0.39 is 5.91 Å². The van der Waals surface area contributed by atoms with Crippen LogP contribution in [0.15, 0.2) is 12.3 Å². The summed E-state index contributed by atoms with van der Waals surface area (Å²) < 4.78 is 0. The third kappa shape index (κ3) is 2.60. The summed E-state index contributed by atoms with van der Waals surface area (Å²) in [6.07, 6.45) is 3.16. The quantitative estimate of drug-likeness (QED) is 0.362. The second-order valence-corrected chi connectivity index (χ2v) is 3.04. The zero-order valence-corrected chi connectivity index (χ0v) is 7.50. The maximum Gasteiger partial charge on any atom is 0.263 e. The smallest absolute Gasteiger partial charge is 0.263 e. The van der Waals surface area contributed by atoms with E-state index in [1.165, 1.54) is 16.6 Å². The van der Waals surface area contributed by atoms with Crippen LogP contribution in [0.1, 0.15) is 6.42 Å². The van der Waals surface area contributed by atoms with Gasteiger partial charge in [0, 0.05) is 11.1 Å². The zero-order valence-electron chi connectivity index (χ0n) is 6.69. The Labute approximate surface area is 80.0 Å². The average Bonchev–Trinajstić information content (AvgIpc) is 2.09. The van der Waals surface area contributed by atoms with Gasteiger partial charge in [-0.1, -0.05) is 12.2 Å². The number of rotatable bonds is 2. The van der Waals surface area contributed by atoms with Crippen LogP contribution in [0.5, 0.6) is 0 Å². The Hall–Kier alpha value is -1.27. The molecule has 0 saturated carbocycles. The van der Waals surface area contributed by atoms with Crippen LogP contribution in [0.3, 0.4) is 0 Å². The minimum absolute atomic E-state index is 0.143. The highest BCUT2D eigenvalue weighted by atomic mass is 32.1. The Bertz CT molecular complexity index is 287. The fourth-order valence-electron chi connectivity index (χ4n) is 0.897. The van der Waals surface area contributed by atoms with Gasteiger partial charge >= 0.3 is 0 Å². The number of nitrogens with zero attached hydrogens (tertiary/aromatic N) is 1. The molecule has 1 aliphatic heterocycles. The van der Waals surface area contributed by atoms with Crippen LogP contribution < -0.4 is 5.48 Å². The molecule has 1 heterocycles. The van der Waals surface area contributed by atoms with Gasteiger partial charge in [-0.25, -0.2) is 5.48 Å². The first-order valence-corrected chi connectivity index (χ1v) is 3.97. The summed E-state index contributed by atoms with van der Waals surface area (Å²) in [5.41, 5.74) is 1.44. The largest absolute Gasteiger partial charge is 0.309 e. The highest BCUT2D eigenvalue weighted by Gasteiger charge is 2.18. The average molecular weight is 200 g/mol. The van der Waals surface area contributed by atoms with Crippen molar-refractivity contribution in [2.24, 2.45) is 0 Å². The van der Waals surface area contributed by atoms with E-state index in [9.17, 15) is 9.59 Å². The molecule has 0 atom stereocenters. The Morgan fingerprint density at radius 1 is 1.77 bits per heavy atom. The van der Waals surface area contributed by atoms with Gasteiger partial charge in [-0.15, -0.1) is 0 Å². The molecule has 13 heavy (non-hydrogen) atoms. The van der Waals surface area contributed by atoms with Crippen molar-refractivity contribution < 1.29 is 14.8 Å². The monoisotopic (exact) mass is 200 g/mol. The number of allylic oxidation sites excluding steroid dienone is 1. The van der Waals surface area contributed by atoms with Gasteiger partial charge in [-0.05, 0) is 6.08 Å². The normalized spacial score (nSPS) is 16.2. The van der Waals surface area contributed by atoms with Crippen molar-refractivity contribution in [2.75, 3.05) is 6.54 Å². The van der Waals surface area contributed by atoms with Crippen molar-refractivity contribution in [2.45, 2.75) is 6.42 Å². The minimum atomic E-state index is -0.634. The second kappa shape index (κ2) is 4.11. The van der Waals surface area contributed by atoms with Crippen molar-refractivity contribution in [3.63, 3.8) is 0 Å². The molecule has 5 nitrogen and oxygen atoms in total. The molecule has 70 valence electrons. The summed E-state index contributed by atoms with van der Waals surface area (Å²) in [5, 5.41) is 8.22. The molecule has 0 spiro atoms. The number of carbonyl (C=O) groups excluding carboxylic acids is 2. The zero-order chi connectivity index (χ0) is 9.84. The Balaban J connectivity index is 2.60. The molecule has 0 unspecified atom stereocenters. The van der Waals surface area contributed by atoms with Crippen LogP contribution in [0.4, 0.5) is 0 Å². The summed E-state index contributed by atoms with van der Waals surface area (Å²) in [4.78, 5) is 23.6. The van der Waals surface area contributed by atoms with Gasteiger partial charge < -0.3 is 4.90 Å². The van der Waals surface area contributed by atoms with Gasteiger partial charge in [0.1, 0.15) is 6.54 Å². The van der Waals surface area contributed by atoms with E-state index in [1.807, 2.05) is 0 Å². The second-order valence-electron chi connectivity index (χ2n) is 2.52. The summed E-state index contributed by atoms with van der Waals surface area (Å²) in [7, 11) is 0. The first-order valence-electron chi connectivity index (χ1n) is 3.57. The van der Waals surface area contributed by atoms with Crippen LogP contribution in [0.2, 0.25) is 0 Å². The molecule has 2 amide bonds. The highest BCUT2D eigenvalue weighted by molar-refractivity contribution is 7.80. The topological polar surface area (TPSA) is 69.6 Å². The van der Waals surface area contributed by atoms with Crippen molar-refractivity contribution in [3.8, 4) is 0 Å². The van der Waals surface area contributed by atoms with E-state index in [4.69, 9.17) is 17.4 Å². The van der Waals surface area contributed by atoms with E-state index in [0.29, 0.717) is 4.86 Å². The number of hydrogen-bond acceptors (Lipinski definition) is 4. The summed E-state index contributed by atoms with van der Waals surface area (Å²) >= 11 is 4.79. The number of thiocarbonyl (C=S) groups is 1. The van der Waals surface area contributed by atoms with E-state index in [2.05, 4.69) is 0 Å². The fraction of sp³-hybridized carbons (Fsp3) is 0.286. The number of hydroxylamine groups is 1. The van der Waals surface area contributed by atoms with Crippen LogP contribution in [0.25, 0.3) is 0 Å². The Morgan fingerprint density at radius 2 is 2.46 bits per heavy atom. The van der Waals surface area contributed by atoms with E-state index >= 15 is 0 Å². The molecule has 1 rings (SSSR count). The van der Waals surface area contributed by atoms with Crippen molar-refractivity contribution in [3.05, 3.63) is 12.3 Å². The minimum Gasteiger partial charge on any atom is -0.309 e. The van der Waals surface area contributed by atoms with E-state index in [1.54, 1.807) is 6.08 Å². The fourth-order valence-corrected chi connectivity index (χ4v) is 1.08. The molecule has 0 saturated heterocycles. The molecule has 0 aromatic carbocycles. The lowest BCUT2D eigenvalue weighted by Crippen LogP contribution is -2.38. The number of carbonyl (C=O) groups is 2. The summed E-state index contributed by atoms with van der Waals surface area (Å²) in [5.74, 6) is -0.873. The first-order chi connectivity index (χ1) is 6.13. The number of nitrogens with one attached hydrogen (secondary N) is 1. The Kier molecular flexibility index (Phi) is 3.10. The predicted molar refractivity (Wildman–Crippen MR) is 48.0 cm³/mol. The lowest BCUT2D eigenvalue weighted by atomic mass is 10.2. The summed E-state index contributed by atoms with van der Waals surface area (Å²) in [6, 6.07) is 0. The van der Waals surface area contributed by atoms with Crippen LogP contribution >= 0.6 is 12.2 Å². The van der Waals surface area contributed by atoms with Gasteiger partial charge in [-0.2, -0.15) is 0 Å². The molecule has 2 N–H and O–H groups in total. The Morgan fingerprint density at radius 3 is 3.00 bits per heavy atom. The summed E-state index contributed by atoms with van der Waals surface area (Å²) in [6.45, 7) is -0.186. The SMILES string of the molecule is O=C(CN1C=CC(=S)CC1=O)NO. The van der Waals surface area contributed by atoms with Crippen LogP contribution in [-0.2, 0) is 9.59 Å². The maximum absolute atomic E-state index is 11.2. The molecule has 0 aromatic heterocycles. The molecule has 0 bridgehead atoms. The van der Waals surface area contributed by atoms with Crippen molar-refractivity contribution in [1.82, 2.24) is 10.4 Å². The predicted octanol–water partition coefficient (Wildman–Crippen LogP) is -0.392. The van der Waals surface area contributed by atoms with Gasteiger partial charge in [0.05, 0.1) is 6.42 Å². The van der Waals surface area contributed by atoms with Crippen LogP contribution in [0, 0.1) is 0 Å². The van der Waals surface area contributed by atoms with E-state index in [0.717, 1.165) is 0 Å². The third-order valence-electron chi connectivity index (χ3n) is 1.52. The molecular formula is C7H8N2O3S. The molecule has 0 fully saturated rings. The number of hydrogen-bond donors (Lipinski definition) is 2. The van der Waals surface area contributed by atoms with Gasteiger partial charge in [-0.3, -0.25) is 14.8 Å². The third-order valence-corrected chi connectivity index (χ3v) is 1.81. The van der Waals surface area contributed by atoms with Crippen molar-refractivity contribution in [1.29, 1.82) is 0 Å². The van der Waals surface area contributed by atoms with Gasteiger partial charge in [0.2, 0.25) is 5.91 Å². The first kappa shape index (κ1) is 9.82. The van der Waals surface area contributed by atoms with E-state index in [-0.39, 0.29) is 18.9 Å². The van der Waals surface area contributed by atoms with Crippen molar-refractivity contribution >= 4 is 28.9 Å². The molecule has 1 aliphatic rings. The molecule has 0 aliphatic carbocycles. The molecule has 0 aromatic rings. The maximum atomic E-state index is 11.2. The standard InChI is InChI=1S/C7H8N2O3S/c10-6(8-12)4-9-2-1-5(13)3-7(9)11/h1-2,12H,3-4H2,(H,8,10). The highest BCUT2D eigenvalue weighted by Crippen LogP contribution is 2.05. The van der Waals surface area contributed by atoms with Gasteiger partial charge in [0.25, 0.3) is 5.91 Å². The lowest BCUT2D eigenvalue weighted by molar-refractivity contribution is -0.136. The molecule has 0 radical (unpaired) electrons. The van der Waals surface area contributed by atoms with Gasteiger partial charge in [0.15, 0.2) is 0 Å². The van der Waals surface area contributed by atoms with Crippen LogP contribution in [-0.4, -0.2) is 33.3 Å². The number of amides is 2. The lowest BCUT2D eigenvalue weighted by Gasteiger charge is -2.20.